The fourth-order valence-corrected chi connectivity index (χ4v) is 4.16. The maximum Gasteiger partial charge on any atom is 0.209 e. The smallest absolute Gasteiger partial charge is 0.199 e. The van der Waals surface area contributed by atoms with Gasteiger partial charge in [0.1, 0.15) is 6.54 Å². The maximum atomic E-state index is 2.54. The number of rotatable bonds is 5. The summed E-state index contributed by atoms with van der Waals surface area (Å²) in [4.78, 5) is 1.51. The van der Waals surface area contributed by atoms with E-state index in [1.54, 1.807) is 0 Å². The Balaban J connectivity index is 1.72. The van der Waals surface area contributed by atoms with Gasteiger partial charge in [0.05, 0.1) is 5.41 Å². The van der Waals surface area contributed by atoms with Gasteiger partial charge >= 0.3 is 0 Å². The number of benzene rings is 1. The third-order valence-corrected chi connectivity index (χ3v) is 6.00. The molecule has 2 aromatic rings. The van der Waals surface area contributed by atoms with Crippen LogP contribution in [0.15, 0.2) is 35.7 Å². The topological polar surface area (TPSA) is 3.01 Å². The SMILES string of the molecule is CC1=[N+](CCCCc2cccs2)c2ccc(C)cc2C1(C)C. The van der Waals surface area contributed by atoms with Gasteiger partial charge in [0.2, 0.25) is 5.69 Å². The summed E-state index contributed by atoms with van der Waals surface area (Å²) >= 11 is 1.88. The highest BCUT2D eigenvalue weighted by Crippen LogP contribution is 2.39. The average Bonchev–Trinajstić information content (AvgIpc) is 3.05. The Morgan fingerprint density at radius 2 is 1.91 bits per heavy atom. The van der Waals surface area contributed by atoms with Gasteiger partial charge in [-0.2, -0.15) is 4.58 Å². The molecule has 0 fully saturated rings. The van der Waals surface area contributed by atoms with Crippen LogP contribution in [-0.2, 0) is 11.8 Å². The molecule has 0 saturated carbocycles. The lowest BCUT2D eigenvalue weighted by atomic mass is 9.82. The molecular formula is C20H26NS+. The van der Waals surface area contributed by atoms with Crippen LogP contribution in [0, 0.1) is 6.92 Å². The van der Waals surface area contributed by atoms with Crippen molar-refractivity contribution in [2.45, 2.75) is 52.4 Å². The Kier molecular flexibility index (Phi) is 4.22. The lowest BCUT2D eigenvalue weighted by Gasteiger charge is -2.15. The van der Waals surface area contributed by atoms with Gasteiger partial charge in [-0.3, -0.25) is 0 Å². The molecule has 0 amide bonds. The van der Waals surface area contributed by atoms with Crippen LogP contribution in [0.4, 0.5) is 5.69 Å². The molecular weight excluding hydrogens is 286 g/mol. The van der Waals surface area contributed by atoms with Crippen LogP contribution in [-0.4, -0.2) is 16.8 Å². The lowest BCUT2D eigenvalue weighted by molar-refractivity contribution is -0.439. The van der Waals surface area contributed by atoms with Crippen molar-refractivity contribution >= 4 is 22.7 Å². The normalized spacial score (nSPS) is 16.2. The van der Waals surface area contributed by atoms with E-state index in [-0.39, 0.29) is 5.41 Å². The molecule has 0 atom stereocenters. The zero-order chi connectivity index (χ0) is 15.7. The summed E-state index contributed by atoms with van der Waals surface area (Å²) in [5.41, 5.74) is 5.92. The van der Waals surface area contributed by atoms with Gasteiger partial charge in [0, 0.05) is 29.9 Å². The van der Waals surface area contributed by atoms with Crippen molar-refractivity contribution in [3.8, 4) is 0 Å². The van der Waals surface area contributed by atoms with Crippen LogP contribution in [0.3, 0.4) is 0 Å². The second-order valence-electron chi connectivity index (χ2n) is 6.92. The van der Waals surface area contributed by atoms with Crippen LogP contribution >= 0.6 is 11.3 Å². The summed E-state index contributed by atoms with van der Waals surface area (Å²) in [6.07, 6.45) is 3.74. The minimum atomic E-state index is 0.162. The van der Waals surface area contributed by atoms with E-state index in [2.05, 4.69) is 68.0 Å². The Morgan fingerprint density at radius 3 is 2.64 bits per heavy atom. The first-order chi connectivity index (χ1) is 10.5. The van der Waals surface area contributed by atoms with Crippen molar-refractivity contribution in [1.82, 2.24) is 0 Å². The van der Waals surface area contributed by atoms with E-state index < -0.39 is 0 Å². The molecule has 1 aliphatic heterocycles. The van der Waals surface area contributed by atoms with Crippen LogP contribution < -0.4 is 0 Å². The molecule has 2 heteroatoms. The van der Waals surface area contributed by atoms with E-state index >= 15 is 0 Å². The molecule has 1 aliphatic rings. The molecule has 0 spiro atoms. The van der Waals surface area contributed by atoms with Crippen molar-refractivity contribution in [3.05, 3.63) is 51.7 Å². The average molecular weight is 313 g/mol. The number of aryl methyl sites for hydroxylation is 2. The number of hydrogen-bond donors (Lipinski definition) is 0. The van der Waals surface area contributed by atoms with Gasteiger partial charge in [-0.05, 0) is 51.1 Å². The zero-order valence-electron chi connectivity index (χ0n) is 14.1. The second kappa shape index (κ2) is 6.00. The zero-order valence-corrected chi connectivity index (χ0v) is 15.0. The molecule has 0 N–H and O–H groups in total. The number of thiophene rings is 1. The standard InChI is InChI=1S/C20H26NS/c1-15-10-11-19-18(14-15)20(3,4)16(2)21(19)12-6-5-8-17-9-7-13-22-17/h7,9-11,13-14H,5-6,8,12H2,1-4H3/q+1. The number of nitrogens with zero attached hydrogens (tertiary/aromatic N) is 1. The van der Waals surface area contributed by atoms with Gasteiger partial charge < -0.3 is 0 Å². The third-order valence-electron chi connectivity index (χ3n) is 5.06. The summed E-state index contributed by atoms with van der Waals surface area (Å²) in [5.74, 6) is 0. The van der Waals surface area contributed by atoms with Crippen LogP contribution in [0.1, 0.15) is 49.6 Å². The predicted molar refractivity (Wildman–Crippen MR) is 96.9 cm³/mol. The van der Waals surface area contributed by atoms with Crippen LogP contribution in [0.2, 0.25) is 0 Å². The Morgan fingerprint density at radius 1 is 1.09 bits per heavy atom. The lowest BCUT2D eigenvalue weighted by Crippen LogP contribution is -2.26. The second-order valence-corrected chi connectivity index (χ2v) is 7.95. The van der Waals surface area contributed by atoms with Crippen molar-refractivity contribution < 1.29 is 4.58 Å². The molecule has 3 rings (SSSR count). The number of fused-ring (bicyclic) bond motifs is 1. The van der Waals surface area contributed by atoms with Gasteiger partial charge in [0.25, 0.3) is 0 Å². The number of hydrogen-bond acceptors (Lipinski definition) is 1. The van der Waals surface area contributed by atoms with Crippen LogP contribution in [0.25, 0.3) is 0 Å². The Bertz CT molecular complexity index is 693. The Labute approximate surface area is 138 Å². The summed E-state index contributed by atoms with van der Waals surface area (Å²) in [6, 6.07) is 11.3. The van der Waals surface area contributed by atoms with E-state index in [4.69, 9.17) is 0 Å². The molecule has 0 bridgehead atoms. The minimum Gasteiger partial charge on any atom is -0.199 e. The third kappa shape index (κ3) is 2.77. The largest absolute Gasteiger partial charge is 0.209 e. The first kappa shape index (κ1) is 15.5. The molecule has 0 aliphatic carbocycles. The van der Waals surface area contributed by atoms with E-state index in [1.165, 1.54) is 46.7 Å². The first-order valence-corrected chi connectivity index (χ1v) is 9.13. The van der Waals surface area contributed by atoms with E-state index in [0.717, 1.165) is 6.54 Å². The number of unbranched alkanes of at least 4 members (excludes halogenated alkanes) is 1. The van der Waals surface area contributed by atoms with Crippen LogP contribution in [0.5, 0.6) is 0 Å². The Hall–Kier alpha value is -1.41. The highest BCUT2D eigenvalue weighted by atomic mass is 32.1. The van der Waals surface area contributed by atoms with Gasteiger partial charge in [-0.25, -0.2) is 0 Å². The molecule has 1 aromatic heterocycles. The first-order valence-electron chi connectivity index (χ1n) is 8.25. The fraction of sp³-hybridized carbons (Fsp3) is 0.450. The summed E-state index contributed by atoms with van der Waals surface area (Å²) in [5, 5.41) is 2.18. The highest BCUT2D eigenvalue weighted by Gasteiger charge is 2.42. The monoisotopic (exact) mass is 312 g/mol. The predicted octanol–water partition coefficient (Wildman–Crippen LogP) is 5.48. The fourth-order valence-electron chi connectivity index (χ4n) is 3.41. The van der Waals surface area contributed by atoms with Gasteiger partial charge in [-0.1, -0.05) is 17.7 Å². The maximum absolute atomic E-state index is 2.54. The summed E-state index contributed by atoms with van der Waals surface area (Å²) in [7, 11) is 0. The van der Waals surface area contributed by atoms with Crippen molar-refractivity contribution in [3.63, 3.8) is 0 Å². The minimum absolute atomic E-state index is 0.162. The van der Waals surface area contributed by atoms with Gasteiger partial charge in [0.15, 0.2) is 5.71 Å². The molecule has 0 saturated heterocycles. The van der Waals surface area contributed by atoms with Gasteiger partial charge in [-0.15, -0.1) is 11.3 Å². The van der Waals surface area contributed by atoms with Crippen molar-refractivity contribution in [2.75, 3.05) is 6.54 Å². The van der Waals surface area contributed by atoms with Crippen molar-refractivity contribution in [2.24, 2.45) is 0 Å². The molecule has 2 heterocycles. The molecule has 0 radical (unpaired) electrons. The highest BCUT2D eigenvalue weighted by molar-refractivity contribution is 7.09. The van der Waals surface area contributed by atoms with E-state index in [9.17, 15) is 0 Å². The molecule has 22 heavy (non-hydrogen) atoms. The van der Waals surface area contributed by atoms with E-state index in [1.807, 2.05) is 11.3 Å². The summed E-state index contributed by atoms with van der Waals surface area (Å²) in [6.45, 7) is 10.3. The molecule has 1 aromatic carbocycles. The summed E-state index contributed by atoms with van der Waals surface area (Å²) < 4.78 is 2.54. The molecule has 0 unspecified atom stereocenters. The molecule has 1 nitrogen and oxygen atoms in total. The van der Waals surface area contributed by atoms with E-state index in [0.29, 0.717) is 0 Å². The quantitative estimate of drug-likeness (QED) is 0.508. The van der Waals surface area contributed by atoms with Crippen molar-refractivity contribution in [1.29, 1.82) is 0 Å². The molecule has 116 valence electrons.